The molecule has 114 valence electrons. The van der Waals surface area contributed by atoms with E-state index in [0.29, 0.717) is 6.42 Å². The number of rotatable bonds is 2. The minimum absolute atomic E-state index is 0.0877. The van der Waals surface area contributed by atoms with Gasteiger partial charge in [-0.05, 0) is 36.9 Å². The van der Waals surface area contributed by atoms with Crippen LogP contribution in [0, 0.1) is 12.3 Å². The number of carbonyl (C=O) groups excluding carboxylic acids is 1. The highest BCUT2D eigenvalue weighted by Crippen LogP contribution is 2.43. The lowest BCUT2D eigenvalue weighted by atomic mass is 9.86. The van der Waals surface area contributed by atoms with Gasteiger partial charge in [0.05, 0.1) is 5.69 Å². The van der Waals surface area contributed by atoms with Gasteiger partial charge in [-0.25, -0.2) is 4.98 Å². The van der Waals surface area contributed by atoms with Crippen molar-refractivity contribution in [2.75, 3.05) is 29.4 Å². The maximum atomic E-state index is 12.4. The van der Waals surface area contributed by atoms with Crippen LogP contribution in [0.15, 0.2) is 35.0 Å². The van der Waals surface area contributed by atoms with Crippen LogP contribution < -0.4 is 9.80 Å². The zero-order valence-corrected chi connectivity index (χ0v) is 13.5. The molecule has 1 amide bonds. The van der Waals surface area contributed by atoms with E-state index in [2.05, 4.69) is 27.4 Å². The summed E-state index contributed by atoms with van der Waals surface area (Å²) in [6, 6.07) is 8.18. The van der Waals surface area contributed by atoms with Crippen LogP contribution in [0.5, 0.6) is 0 Å². The summed E-state index contributed by atoms with van der Waals surface area (Å²) in [5.74, 6) is 1.30. The van der Waals surface area contributed by atoms with Crippen molar-refractivity contribution in [1.29, 1.82) is 0 Å². The summed E-state index contributed by atoms with van der Waals surface area (Å²) in [5.41, 5.74) is 2.18. The second kappa shape index (κ2) is 5.09. The molecule has 22 heavy (non-hydrogen) atoms. The number of hydrogen-bond acceptors (Lipinski definition) is 4. The molecule has 2 aliphatic heterocycles. The first-order valence-electron chi connectivity index (χ1n) is 7.66. The molecule has 2 fully saturated rings. The number of aromatic nitrogens is 1. The molecule has 0 saturated carbocycles. The summed E-state index contributed by atoms with van der Waals surface area (Å²) < 4.78 is 0. The Labute approximate surface area is 134 Å². The minimum Gasteiger partial charge on any atom is -0.356 e. The number of pyridine rings is 1. The normalized spacial score (nSPS) is 24.7. The first-order valence-corrected chi connectivity index (χ1v) is 8.61. The Balaban J connectivity index is 1.54. The molecule has 1 spiro atoms. The van der Waals surface area contributed by atoms with E-state index < -0.39 is 0 Å². The Hall–Kier alpha value is -1.88. The molecule has 2 aromatic rings. The Morgan fingerprint density at radius 3 is 2.95 bits per heavy atom. The molecule has 0 aliphatic carbocycles. The van der Waals surface area contributed by atoms with Crippen molar-refractivity contribution >= 4 is 28.7 Å². The number of carbonyl (C=O) groups is 1. The van der Waals surface area contributed by atoms with Crippen LogP contribution in [0.2, 0.25) is 0 Å². The minimum atomic E-state index is 0.0877. The fourth-order valence-electron chi connectivity index (χ4n) is 3.65. The number of thiophene rings is 1. The molecule has 4 rings (SSSR count). The van der Waals surface area contributed by atoms with Gasteiger partial charge in [0.15, 0.2) is 0 Å². The lowest BCUT2D eigenvalue weighted by Gasteiger charge is -2.24. The molecule has 0 N–H and O–H groups in total. The van der Waals surface area contributed by atoms with E-state index in [0.717, 1.165) is 43.3 Å². The number of nitrogens with zero attached hydrogens (tertiary/aromatic N) is 3. The Morgan fingerprint density at radius 2 is 2.18 bits per heavy atom. The Kier molecular flexibility index (Phi) is 3.18. The van der Waals surface area contributed by atoms with Crippen molar-refractivity contribution < 1.29 is 4.79 Å². The first-order chi connectivity index (χ1) is 10.7. The van der Waals surface area contributed by atoms with Crippen molar-refractivity contribution in [2.45, 2.75) is 19.8 Å². The van der Waals surface area contributed by atoms with Gasteiger partial charge >= 0.3 is 0 Å². The lowest BCUT2D eigenvalue weighted by molar-refractivity contribution is -0.117. The van der Waals surface area contributed by atoms with Gasteiger partial charge in [-0.15, -0.1) is 0 Å². The first kappa shape index (κ1) is 13.8. The molecule has 2 aromatic heterocycles. The Bertz CT molecular complexity index is 700. The molecule has 2 saturated heterocycles. The molecule has 1 atom stereocenters. The van der Waals surface area contributed by atoms with E-state index >= 15 is 0 Å². The van der Waals surface area contributed by atoms with E-state index in [1.54, 1.807) is 11.3 Å². The zero-order valence-electron chi connectivity index (χ0n) is 12.7. The molecule has 4 heterocycles. The highest BCUT2D eigenvalue weighted by molar-refractivity contribution is 7.08. The monoisotopic (exact) mass is 313 g/mol. The third-order valence-electron chi connectivity index (χ3n) is 4.77. The second-order valence-electron chi connectivity index (χ2n) is 6.45. The van der Waals surface area contributed by atoms with Gasteiger partial charge in [-0.2, -0.15) is 11.3 Å². The molecule has 4 nitrogen and oxygen atoms in total. The maximum Gasteiger partial charge on any atom is 0.227 e. The molecule has 0 bridgehead atoms. The second-order valence-corrected chi connectivity index (χ2v) is 7.23. The average Bonchev–Trinajstić information content (AvgIpc) is 3.20. The van der Waals surface area contributed by atoms with Crippen LogP contribution in [0.3, 0.4) is 0 Å². The van der Waals surface area contributed by atoms with Gasteiger partial charge < -0.3 is 9.80 Å². The SMILES string of the molecule is Cc1cccc(N2CCC3(CC(=O)N(c4ccsc4)C3)C2)n1. The van der Waals surface area contributed by atoms with E-state index in [4.69, 9.17) is 0 Å². The Morgan fingerprint density at radius 1 is 1.27 bits per heavy atom. The van der Waals surface area contributed by atoms with Gasteiger partial charge in [0.1, 0.15) is 5.82 Å². The number of amides is 1. The molecule has 5 heteroatoms. The highest BCUT2D eigenvalue weighted by atomic mass is 32.1. The van der Waals surface area contributed by atoms with E-state index in [9.17, 15) is 4.79 Å². The number of anilines is 2. The van der Waals surface area contributed by atoms with Gasteiger partial charge in [0.25, 0.3) is 0 Å². The van der Waals surface area contributed by atoms with E-state index in [1.165, 1.54) is 0 Å². The summed E-state index contributed by atoms with van der Waals surface area (Å²) in [6.45, 7) is 4.77. The fourth-order valence-corrected chi connectivity index (χ4v) is 4.29. The fraction of sp³-hybridized carbons (Fsp3) is 0.412. The van der Waals surface area contributed by atoms with Crippen molar-refractivity contribution in [1.82, 2.24) is 4.98 Å². The van der Waals surface area contributed by atoms with Crippen LogP contribution in [0.25, 0.3) is 0 Å². The zero-order chi connectivity index (χ0) is 15.2. The third kappa shape index (κ3) is 2.29. The number of aryl methyl sites for hydroxylation is 1. The van der Waals surface area contributed by atoms with Crippen molar-refractivity contribution in [3.05, 3.63) is 40.7 Å². The molecule has 0 aromatic carbocycles. The molecule has 0 radical (unpaired) electrons. The molecular weight excluding hydrogens is 294 g/mol. The molecule has 2 aliphatic rings. The largest absolute Gasteiger partial charge is 0.356 e. The van der Waals surface area contributed by atoms with Crippen molar-refractivity contribution in [3.63, 3.8) is 0 Å². The lowest BCUT2D eigenvalue weighted by Crippen LogP contribution is -2.31. The van der Waals surface area contributed by atoms with E-state index in [-0.39, 0.29) is 11.3 Å². The van der Waals surface area contributed by atoms with E-state index in [1.807, 2.05) is 29.3 Å². The van der Waals surface area contributed by atoms with Crippen LogP contribution in [-0.2, 0) is 4.79 Å². The predicted molar refractivity (Wildman–Crippen MR) is 89.5 cm³/mol. The van der Waals surface area contributed by atoms with Crippen LogP contribution in [-0.4, -0.2) is 30.5 Å². The van der Waals surface area contributed by atoms with Crippen molar-refractivity contribution in [2.24, 2.45) is 5.41 Å². The van der Waals surface area contributed by atoms with Crippen LogP contribution in [0.4, 0.5) is 11.5 Å². The summed E-state index contributed by atoms with van der Waals surface area (Å²) in [6.07, 6.45) is 1.72. The topological polar surface area (TPSA) is 36.4 Å². The predicted octanol–water partition coefficient (Wildman–Crippen LogP) is 3.08. The quantitative estimate of drug-likeness (QED) is 0.855. The van der Waals surface area contributed by atoms with Gasteiger partial charge in [-0.3, -0.25) is 4.79 Å². The highest BCUT2D eigenvalue weighted by Gasteiger charge is 2.48. The third-order valence-corrected chi connectivity index (χ3v) is 5.45. The van der Waals surface area contributed by atoms with Gasteiger partial charge in [0, 0.05) is 42.5 Å². The summed E-state index contributed by atoms with van der Waals surface area (Å²) in [5, 5.41) is 4.09. The summed E-state index contributed by atoms with van der Waals surface area (Å²) in [4.78, 5) is 21.3. The van der Waals surface area contributed by atoms with Crippen LogP contribution in [0.1, 0.15) is 18.5 Å². The van der Waals surface area contributed by atoms with Gasteiger partial charge in [-0.1, -0.05) is 6.07 Å². The van der Waals surface area contributed by atoms with Gasteiger partial charge in [0.2, 0.25) is 5.91 Å². The maximum absolute atomic E-state index is 12.4. The summed E-state index contributed by atoms with van der Waals surface area (Å²) >= 11 is 1.64. The van der Waals surface area contributed by atoms with Crippen molar-refractivity contribution in [3.8, 4) is 0 Å². The molecule has 1 unspecified atom stereocenters. The standard InChI is InChI=1S/C17H19N3OS/c1-13-3-2-4-15(18-13)19-7-6-17(11-19)9-16(21)20(12-17)14-5-8-22-10-14/h2-5,8,10H,6-7,9,11-12H2,1H3. The average molecular weight is 313 g/mol. The summed E-state index contributed by atoms with van der Waals surface area (Å²) in [7, 11) is 0. The smallest absolute Gasteiger partial charge is 0.227 e. The number of hydrogen-bond donors (Lipinski definition) is 0. The van der Waals surface area contributed by atoms with Crippen LogP contribution >= 0.6 is 11.3 Å². The molecular formula is C17H19N3OS.